The maximum Gasteiger partial charge on any atom is 0.247 e. The third kappa shape index (κ3) is 3.47. The van der Waals surface area contributed by atoms with Crippen LogP contribution in [0.4, 0.5) is 5.69 Å². The largest absolute Gasteiger partial charge is 0.454 e. The van der Waals surface area contributed by atoms with Crippen LogP contribution in [0.2, 0.25) is 5.02 Å². The number of rotatable bonds is 3. The number of hydrogen-bond donors (Lipinski definition) is 1. The molecule has 0 radical (unpaired) electrons. The van der Waals surface area contributed by atoms with Crippen molar-refractivity contribution < 1.29 is 14.2 Å². The van der Waals surface area contributed by atoms with Gasteiger partial charge in [0.1, 0.15) is 0 Å². The first-order chi connectivity index (χ1) is 14.1. The Morgan fingerprint density at radius 3 is 2.86 bits per heavy atom. The molecule has 3 aromatic rings. The van der Waals surface area contributed by atoms with Crippen molar-refractivity contribution in [3.63, 3.8) is 0 Å². The van der Waals surface area contributed by atoms with Gasteiger partial charge in [0.25, 0.3) is 0 Å². The summed E-state index contributed by atoms with van der Waals surface area (Å²) in [5.41, 5.74) is 2.94. The van der Waals surface area contributed by atoms with E-state index in [9.17, 15) is 0 Å². The van der Waals surface area contributed by atoms with E-state index < -0.39 is 6.23 Å². The van der Waals surface area contributed by atoms with Crippen molar-refractivity contribution in [2.45, 2.75) is 18.3 Å². The van der Waals surface area contributed by atoms with Crippen LogP contribution < -0.4 is 19.5 Å². The van der Waals surface area contributed by atoms with E-state index in [-0.39, 0.29) is 6.79 Å². The number of ether oxygens (including phenoxy) is 3. The van der Waals surface area contributed by atoms with Gasteiger partial charge in [0.2, 0.25) is 17.8 Å². The molecule has 1 N–H and O–H groups in total. The summed E-state index contributed by atoms with van der Waals surface area (Å²) in [5, 5.41) is 13.1. The highest BCUT2D eigenvalue weighted by Crippen LogP contribution is 2.44. The second-order valence-electron chi connectivity index (χ2n) is 6.24. The molecule has 0 bridgehead atoms. The van der Waals surface area contributed by atoms with E-state index in [1.165, 1.54) is 11.8 Å². The minimum absolute atomic E-state index is 0.169. The molecule has 148 valence electrons. The van der Waals surface area contributed by atoms with Gasteiger partial charge in [0.15, 0.2) is 23.4 Å². The van der Waals surface area contributed by atoms with Gasteiger partial charge in [-0.1, -0.05) is 46.2 Å². The quantitative estimate of drug-likeness (QED) is 0.493. The number of nitrogens with zero attached hydrogens (tertiary/aromatic N) is 3. The molecule has 0 saturated heterocycles. The van der Waals surface area contributed by atoms with Crippen LogP contribution >= 0.6 is 39.3 Å². The summed E-state index contributed by atoms with van der Waals surface area (Å²) in [6, 6.07) is 9.40. The number of hydrogen-bond acceptors (Lipinski definition) is 8. The fraction of sp³-hybridized carbons (Fsp3) is 0.211. The average Bonchev–Trinajstić information content (AvgIpc) is 3.09. The van der Waals surface area contributed by atoms with Gasteiger partial charge in [-0.3, -0.25) is 0 Å². The molecule has 5 rings (SSSR count). The Labute approximate surface area is 184 Å². The maximum atomic E-state index is 6.54. The lowest BCUT2D eigenvalue weighted by molar-refractivity contribution is 0.173. The van der Waals surface area contributed by atoms with Gasteiger partial charge >= 0.3 is 0 Å². The predicted molar refractivity (Wildman–Crippen MR) is 114 cm³/mol. The van der Waals surface area contributed by atoms with Gasteiger partial charge in [-0.05, 0) is 30.0 Å². The molecule has 1 atom stereocenters. The Morgan fingerprint density at radius 1 is 1.21 bits per heavy atom. The van der Waals surface area contributed by atoms with E-state index in [4.69, 9.17) is 25.8 Å². The molecular formula is C19H14BrClN4O3S. The normalized spacial score (nSPS) is 16.3. The average molecular weight is 494 g/mol. The minimum atomic E-state index is -0.602. The molecule has 0 unspecified atom stereocenters. The van der Waals surface area contributed by atoms with E-state index >= 15 is 0 Å². The van der Waals surface area contributed by atoms with Crippen LogP contribution in [0.5, 0.6) is 17.4 Å². The van der Waals surface area contributed by atoms with Crippen LogP contribution in [-0.4, -0.2) is 27.7 Å². The first-order valence-electron chi connectivity index (χ1n) is 8.82. The molecule has 0 amide bonds. The molecule has 1 aromatic heterocycles. The zero-order valence-corrected chi connectivity index (χ0v) is 18.3. The molecule has 2 aromatic carbocycles. The summed E-state index contributed by atoms with van der Waals surface area (Å²) < 4.78 is 18.1. The van der Waals surface area contributed by atoms with Crippen molar-refractivity contribution in [1.29, 1.82) is 0 Å². The summed E-state index contributed by atoms with van der Waals surface area (Å²) in [6.45, 7) is 2.20. The van der Waals surface area contributed by atoms with Gasteiger partial charge in [-0.25, -0.2) is 0 Å². The zero-order chi connectivity index (χ0) is 20.0. The van der Waals surface area contributed by atoms with Crippen molar-refractivity contribution in [2.24, 2.45) is 0 Å². The monoisotopic (exact) mass is 492 g/mol. The molecule has 0 saturated carbocycles. The fourth-order valence-corrected chi connectivity index (χ4v) is 4.25. The number of nitrogens with one attached hydrogen (secondary N) is 1. The lowest BCUT2D eigenvalue weighted by atomic mass is 10.1. The molecule has 7 nitrogen and oxygen atoms in total. The van der Waals surface area contributed by atoms with Crippen molar-refractivity contribution in [3.05, 3.63) is 45.4 Å². The van der Waals surface area contributed by atoms with E-state index in [1.807, 2.05) is 31.2 Å². The van der Waals surface area contributed by atoms with Gasteiger partial charge in [-0.15, -0.1) is 10.2 Å². The van der Waals surface area contributed by atoms with Crippen LogP contribution in [0.25, 0.3) is 11.3 Å². The zero-order valence-electron chi connectivity index (χ0n) is 15.1. The highest BCUT2D eigenvalue weighted by atomic mass is 79.9. The first-order valence-corrected chi connectivity index (χ1v) is 11.0. The van der Waals surface area contributed by atoms with Crippen LogP contribution in [0, 0.1) is 0 Å². The second-order valence-corrected chi connectivity index (χ2v) is 8.79. The fourth-order valence-electron chi connectivity index (χ4n) is 3.13. The molecule has 2 aliphatic heterocycles. The molecule has 0 spiro atoms. The Bertz CT molecular complexity index is 1120. The number of halogens is 2. The third-order valence-electron chi connectivity index (χ3n) is 4.44. The van der Waals surface area contributed by atoms with E-state index in [0.717, 1.165) is 21.5 Å². The first kappa shape index (κ1) is 18.8. The molecule has 29 heavy (non-hydrogen) atoms. The van der Waals surface area contributed by atoms with Gasteiger partial charge in [0.05, 0.1) is 5.02 Å². The Morgan fingerprint density at radius 2 is 2.03 bits per heavy atom. The number of benzene rings is 2. The Balaban J connectivity index is 1.65. The van der Waals surface area contributed by atoms with E-state index in [0.29, 0.717) is 38.8 Å². The van der Waals surface area contributed by atoms with E-state index in [2.05, 4.69) is 36.4 Å². The van der Waals surface area contributed by atoms with Crippen LogP contribution in [0.15, 0.2) is 40.0 Å². The summed E-state index contributed by atoms with van der Waals surface area (Å²) in [6.07, 6.45) is -0.602. The lowest BCUT2D eigenvalue weighted by Gasteiger charge is -2.20. The molecule has 3 heterocycles. The van der Waals surface area contributed by atoms with E-state index in [1.54, 1.807) is 6.07 Å². The van der Waals surface area contributed by atoms with Gasteiger partial charge in [0, 0.05) is 27.4 Å². The minimum Gasteiger partial charge on any atom is -0.454 e. The van der Waals surface area contributed by atoms with Crippen LogP contribution in [0.3, 0.4) is 0 Å². The topological polar surface area (TPSA) is 78.4 Å². The number of thioether (sulfide) groups is 1. The highest BCUT2D eigenvalue weighted by molar-refractivity contribution is 9.10. The number of fused-ring (bicyclic) bond motifs is 4. The summed E-state index contributed by atoms with van der Waals surface area (Å²) in [4.78, 5) is 4.58. The molecular weight excluding hydrogens is 480 g/mol. The van der Waals surface area contributed by atoms with Crippen molar-refractivity contribution in [2.75, 3.05) is 17.9 Å². The smallest absolute Gasteiger partial charge is 0.247 e. The summed E-state index contributed by atoms with van der Waals surface area (Å²) >= 11 is 11.6. The molecule has 0 aliphatic carbocycles. The molecule has 2 aliphatic rings. The summed E-state index contributed by atoms with van der Waals surface area (Å²) in [5.74, 6) is 2.46. The van der Waals surface area contributed by atoms with Crippen molar-refractivity contribution >= 4 is 45.0 Å². The van der Waals surface area contributed by atoms with Gasteiger partial charge < -0.3 is 19.5 Å². The van der Waals surface area contributed by atoms with Crippen LogP contribution in [0.1, 0.15) is 18.7 Å². The number of aromatic nitrogens is 3. The Kier molecular flexibility index (Phi) is 4.89. The lowest BCUT2D eigenvalue weighted by Crippen LogP contribution is -2.17. The third-order valence-corrected chi connectivity index (χ3v) is 5.98. The Hall–Kier alpha value is -2.23. The predicted octanol–water partition coefficient (Wildman–Crippen LogP) is 5.30. The maximum absolute atomic E-state index is 6.54. The highest BCUT2D eigenvalue weighted by Gasteiger charge is 2.29. The summed E-state index contributed by atoms with van der Waals surface area (Å²) in [7, 11) is 0. The van der Waals surface area contributed by atoms with Crippen molar-refractivity contribution in [3.8, 4) is 28.6 Å². The SMILES string of the molecule is CCSc1nnc2c(n1)O[C@H](c1cc3c(cc1Cl)OCO3)Nc1ccc(Br)cc1-2. The van der Waals surface area contributed by atoms with Gasteiger partial charge in [-0.2, -0.15) is 4.98 Å². The van der Waals surface area contributed by atoms with Crippen LogP contribution in [-0.2, 0) is 0 Å². The molecule has 0 fully saturated rings. The molecule has 10 heteroatoms. The standard InChI is InChI=1S/C19H14BrClN4O3S/c1-2-29-19-23-18-16(24-25-19)11-5-9(20)3-4-13(11)22-17(28-18)10-6-14-15(7-12(10)21)27-8-26-14/h3-7,17,22H,2,8H2,1H3/t17-/m1/s1. The van der Waals surface area contributed by atoms with Crippen molar-refractivity contribution in [1.82, 2.24) is 15.2 Å². The number of anilines is 1. The second kappa shape index (κ2) is 7.55.